The van der Waals surface area contributed by atoms with E-state index in [0.717, 1.165) is 12.3 Å². The Hall–Kier alpha value is -3.96. The molecule has 0 aliphatic rings. The van der Waals surface area contributed by atoms with Gasteiger partial charge in [-0.05, 0) is 19.1 Å². The van der Waals surface area contributed by atoms with Crippen molar-refractivity contribution in [2.24, 2.45) is 7.05 Å². The number of aromatic amines is 1. The molecule has 4 aromatic rings. The molecule has 0 aliphatic heterocycles. The van der Waals surface area contributed by atoms with Crippen molar-refractivity contribution in [3.63, 3.8) is 0 Å². The summed E-state index contributed by atoms with van der Waals surface area (Å²) in [4.78, 5) is 27.3. The second kappa shape index (κ2) is 7.70. The molecule has 0 radical (unpaired) electrons. The number of ether oxygens (including phenoxy) is 1. The molecule has 160 valence electrons. The average Bonchev–Trinajstić information content (AvgIpc) is 3.33. The van der Waals surface area contributed by atoms with Crippen molar-refractivity contribution in [2.45, 2.75) is 19.2 Å². The number of alkyl halides is 3. The lowest BCUT2D eigenvalue weighted by Crippen LogP contribution is -2.31. The summed E-state index contributed by atoms with van der Waals surface area (Å²) in [5.41, 5.74) is 1.91. The Balaban J connectivity index is 1.56. The van der Waals surface area contributed by atoms with E-state index in [1.54, 1.807) is 31.6 Å². The number of pyridine rings is 1. The Labute approximate surface area is 173 Å². The van der Waals surface area contributed by atoms with Crippen molar-refractivity contribution >= 4 is 22.6 Å². The zero-order chi connectivity index (χ0) is 22.2. The molecule has 0 saturated heterocycles. The molecular weight excluding hydrogens is 415 g/mol. The van der Waals surface area contributed by atoms with Gasteiger partial charge in [0.15, 0.2) is 6.10 Å². The van der Waals surface area contributed by atoms with E-state index in [1.165, 1.54) is 23.1 Å². The SMILES string of the molecule is C[C@H](Oc1nccc(-c2cc3cnc(NC(=O)c4cnn(C)c4)cc3[nH]2)n1)C(F)(F)F. The third-order valence-electron chi connectivity index (χ3n) is 4.37. The van der Waals surface area contributed by atoms with E-state index in [4.69, 9.17) is 4.74 Å². The monoisotopic (exact) mass is 431 g/mol. The standard InChI is InChI=1S/C19H16F3N7O2/c1-10(19(20,21)22)31-18-23-4-3-13(27-18)15-5-11-7-24-16(6-14(11)26-15)28-17(30)12-8-25-29(2)9-12/h3-10,26H,1-2H3,(H,24,28,30)/t10-/m0/s1. The van der Waals surface area contributed by atoms with Gasteiger partial charge in [-0.15, -0.1) is 0 Å². The number of H-pyrrole nitrogens is 1. The van der Waals surface area contributed by atoms with Crippen LogP contribution in [0.5, 0.6) is 6.01 Å². The summed E-state index contributed by atoms with van der Waals surface area (Å²) in [5, 5.41) is 7.35. The van der Waals surface area contributed by atoms with Gasteiger partial charge in [-0.3, -0.25) is 9.48 Å². The molecule has 0 bridgehead atoms. The van der Waals surface area contributed by atoms with Gasteiger partial charge in [-0.1, -0.05) is 0 Å². The number of hydrogen-bond donors (Lipinski definition) is 2. The molecule has 0 saturated carbocycles. The number of aromatic nitrogens is 6. The first-order valence-corrected chi connectivity index (χ1v) is 9.04. The molecule has 0 fully saturated rings. The first-order valence-electron chi connectivity index (χ1n) is 9.04. The van der Waals surface area contributed by atoms with Gasteiger partial charge in [0, 0.05) is 37.1 Å². The van der Waals surface area contributed by atoms with Crippen molar-refractivity contribution in [3.05, 3.63) is 48.5 Å². The van der Waals surface area contributed by atoms with Gasteiger partial charge in [0.1, 0.15) is 5.82 Å². The Morgan fingerprint density at radius 1 is 1.26 bits per heavy atom. The quantitative estimate of drug-likeness (QED) is 0.502. The molecule has 12 heteroatoms. The number of carbonyl (C=O) groups is 1. The summed E-state index contributed by atoms with van der Waals surface area (Å²) in [6.45, 7) is 0.881. The smallest absolute Gasteiger partial charge is 0.425 e. The number of anilines is 1. The normalized spacial score (nSPS) is 12.7. The third-order valence-corrected chi connectivity index (χ3v) is 4.37. The Kier molecular flexibility index (Phi) is 5.05. The molecule has 0 aromatic carbocycles. The molecule has 2 N–H and O–H groups in total. The van der Waals surface area contributed by atoms with Crippen molar-refractivity contribution in [1.82, 2.24) is 29.7 Å². The summed E-state index contributed by atoms with van der Waals surface area (Å²) < 4.78 is 44.4. The number of nitrogens with one attached hydrogen (secondary N) is 2. The zero-order valence-corrected chi connectivity index (χ0v) is 16.3. The minimum absolute atomic E-state index is 0.320. The second-order valence-corrected chi connectivity index (χ2v) is 6.72. The lowest BCUT2D eigenvalue weighted by Gasteiger charge is -2.16. The van der Waals surface area contributed by atoms with Crippen LogP contribution >= 0.6 is 0 Å². The minimum atomic E-state index is -4.53. The van der Waals surface area contributed by atoms with Crippen LogP contribution in [0.15, 0.2) is 43.0 Å². The van der Waals surface area contributed by atoms with Crippen molar-refractivity contribution in [2.75, 3.05) is 5.32 Å². The highest BCUT2D eigenvalue weighted by Crippen LogP contribution is 2.26. The van der Waals surface area contributed by atoms with E-state index >= 15 is 0 Å². The van der Waals surface area contributed by atoms with Crippen LogP contribution in [0.4, 0.5) is 19.0 Å². The fourth-order valence-electron chi connectivity index (χ4n) is 2.73. The van der Waals surface area contributed by atoms with Crippen LogP contribution in [0, 0.1) is 0 Å². The van der Waals surface area contributed by atoms with Crippen LogP contribution < -0.4 is 10.1 Å². The van der Waals surface area contributed by atoms with E-state index in [-0.39, 0.29) is 11.9 Å². The van der Waals surface area contributed by atoms with Crippen LogP contribution in [-0.4, -0.2) is 47.9 Å². The molecule has 9 nitrogen and oxygen atoms in total. The lowest BCUT2D eigenvalue weighted by atomic mass is 10.2. The number of hydrogen-bond acceptors (Lipinski definition) is 6. The Morgan fingerprint density at radius 2 is 2.06 bits per heavy atom. The number of nitrogens with zero attached hydrogens (tertiary/aromatic N) is 5. The predicted molar refractivity (Wildman–Crippen MR) is 104 cm³/mol. The van der Waals surface area contributed by atoms with Gasteiger partial charge < -0.3 is 15.0 Å². The predicted octanol–water partition coefficient (Wildman–Crippen LogP) is 3.34. The highest BCUT2D eigenvalue weighted by molar-refractivity contribution is 6.04. The topological polar surface area (TPSA) is 111 Å². The summed E-state index contributed by atoms with van der Waals surface area (Å²) >= 11 is 0. The summed E-state index contributed by atoms with van der Waals surface area (Å²) in [7, 11) is 1.70. The third kappa shape index (κ3) is 4.47. The van der Waals surface area contributed by atoms with Crippen LogP contribution in [0.3, 0.4) is 0 Å². The molecule has 31 heavy (non-hydrogen) atoms. The molecule has 0 aliphatic carbocycles. The molecule has 4 aromatic heterocycles. The molecule has 4 rings (SSSR count). The molecular formula is C19H16F3N7O2. The highest BCUT2D eigenvalue weighted by Gasteiger charge is 2.38. The van der Waals surface area contributed by atoms with E-state index in [0.29, 0.717) is 28.3 Å². The maximum atomic E-state index is 12.7. The van der Waals surface area contributed by atoms with Crippen LogP contribution in [-0.2, 0) is 7.05 Å². The van der Waals surface area contributed by atoms with E-state index in [1.807, 2.05) is 0 Å². The molecule has 0 spiro atoms. The molecule has 4 heterocycles. The van der Waals surface area contributed by atoms with E-state index < -0.39 is 12.3 Å². The Bertz CT molecular complexity index is 1250. The van der Waals surface area contributed by atoms with Gasteiger partial charge in [0.25, 0.3) is 5.91 Å². The number of fused-ring (bicyclic) bond motifs is 1. The van der Waals surface area contributed by atoms with Crippen molar-refractivity contribution in [1.29, 1.82) is 0 Å². The summed E-state index contributed by atoms with van der Waals surface area (Å²) in [6, 6.07) is 4.52. The average molecular weight is 431 g/mol. The zero-order valence-electron chi connectivity index (χ0n) is 16.3. The summed E-state index contributed by atoms with van der Waals surface area (Å²) in [5.74, 6) is -0.0384. The molecule has 1 amide bonds. The Morgan fingerprint density at radius 3 is 2.77 bits per heavy atom. The minimum Gasteiger partial charge on any atom is -0.451 e. The van der Waals surface area contributed by atoms with E-state index in [2.05, 4.69) is 30.4 Å². The van der Waals surface area contributed by atoms with E-state index in [9.17, 15) is 18.0 Å². The van der Waals surface area contributed by atoms with Crippen molar-refractivity contribution < 1.29 is 22.7 Å². The summed E-state index contributed by atoms with van der Waals surface area (Å²) in [6.07, 6.45) is -0.685. The van der Waals surface area contributed by atoms with Crippen LogP contribution in [0.2, 0.25) is 0 Å². The maximum absolute atomic E-state index is 12.7. The number of halogens is 3. The van der Waals surface area contributed by atoms with Crippen molar-refractivity contribution in [3.8, 4) is 17.4 Å². The second-order valence-electron chi connectivity index (χ2n) is 6.72. The van der Waals surface area contributed by atoms with Gasteiger partial charge in [0.05, 0.1) is 28.7 Å². The maximum Gasteiger partial charge on any atom is 0.425 e. The number of aryl methyl sites for hydroxylation is 1. The molecule has 1 atom stereocenters. The van der Waals surface area contributed by atoms with Crippen LogP contribution in [0.1, 0.15) is 17.3 Å². The highest BCUT2D eigenvalue weighted by atomic mass is 19.4. The molecule has 0 unspecified atom stereocenters. The van der Waals surface area contributed by atoms with Crippen LogP contribution in [0.25, 0.3) is 22.3 Å². The van der Waals surface area contributed by atoms with Gasteiger partial charge >= 0.3 is 12.2 Å². The fourth-order valence-corrected chi connectivity index (χ4v) is 2.73. The fraction of sp³-hybridized carbons (Fsp3) is 0.211. The number of amides is 1. The number of carbonyl (C=O) groups excluding carboxylic acids is 1. The van der Waals surface area contributed by atoms with Gasteiger partial charge in [0.2, 0.25) is 0 Å². The first-order chi connectivity index (χ1) is 14.7. The largest absolute Gasteiger partial charge is 0.451 e. The first kappa shape index (κ1) is 20.3. The number of rotatable bonds is 5. The van der Waals surface area contributed by atoms with Gasteiger partial charge in [-0.2, -0.15) is 23.3 Å². The van der Waals surface area contributed by atoms with Gasteiger partial charge in [-0.25, -0.2) is 9.97 Å². The lowest BCUT2D eigenvalue weighted by molar-refractivity contribution is -0.190.